The van der Waals surface area contributed by atoms with E-state index in [1.165, 1.54) is 13.8 Å². The molecule has 0 fully saturated rings. The van der Waals surface area contributed by atoms with E-state index in [1.807, 2.05) is 0 Å². The topological polar surface area (TPSA) is 145 Å². The van der Waals surface area contributed by atoms with Gasteiger partial charge in [-0.3, -0.25) is 0 Å². The van der Waals surface area contributed by atoms with Crippen LogP contribution in [0.15, 0.2) is 12.2 Å². The van der Waals surface area contributed by atoms with E-state index in [1.54, 1.807) is 0 Å². The summed E-state index contributed by atoms with van der Waals surface area (Å²) in [6, 6.07) is -1.24. The summed E-state index contributed by atoms with van der Waals surface area (Å²) in [5.41, 5.74) is 0. The van der Waals surface area contributed by atoms with Gasteiger partial charge in [0.2, 0.25) is 20.0 Å². The Morgan fingerprint density at radius 2 is 1.12 bits per heavy atom. The number of nitrogens with one attached hydrogen (secondary N) is 2. The summed E-state index contributed by atoms with van der Waals surface area (Å²) in [7, 11) is -6.82. The average Bonchev–Trinajstić information content (AvgIpc) is 2.36. The Balaban J connectivity index is 4.15. The first-order chi connectivity index (χ1) is 10.8. The second-order valence-electron chi connectivity index (χ2n) is 5.18. The average molecular weight is 386 g/mol. The van der Waals surface area contributed by atoms with Crippen molar-refractivity contribution in [1.82, 2.24) is 9.44 Å². The van der Waals surface area contributed by atoms with Crippen molar-refractivity contribution in [1.29, 1.82) is 0 Å². The van der Waals surface area contributed by atoms with Crippen LogP contribution in [0.25, 0.3) is 0 Å². The number of sulfonamides is 2. The Hall–Kier alpha value is -1.50. The predicted octanol–water partition coefficient (Wildman–Crippen LogP) is -1.50. The smallest absolute Gasteiger partial charge is 0.331 e. The number of esters is 2. The van der Waals surface area contributed by atoms with Crippen molar-refractivity contribution in [3.8, 4) is 0 Å². The van der Waals surface area contributed by atoms with E-state index in [9.17, 15) is 26.4 Å². The van der Waals surface area contributed by atoms with Gasteiger partial charge in [0.05, 0.1) is 24.6 Å². The van der Waals surface area contributed by atoms with E-state index in [2.05, 4.69) is 9.44 Å². The van der Waals surface area contributed by atoms with Crippen molar-refractivity contribution in [3.05, 3.63) is 12.2 Å². The summed E-state index contributed by atoms with van der Waals surface area (Å²) in [6.07, 6.45) is 3.59. The molecule has 0 radical (unpaired) electrons. The molecule has 24 heavy (non-hydrogen) atoms. The lowest BCUT2D eigenvalue weighted by Gasteiger charge is -2.12. The number of carbonyl (C=O) groups is 2. The van der Waals surface area contributed by atoms with Crippen LogP contribution in [0.3, 0.4) is 0 Å². The number of carbonyl (C=O) groups excluding carboxylic acids is 2. The minimum Gasteiger partial charge on any atom is -0.461 e. The van der Waals surface area contributed by atoms with Crippen LogP contribution in [0.1, 0.15) is 13.8 Å². The molecule has 0 aliphatic rings. The van der Waals surface area contributed by atoms with Crippen LogP contribution in [0, 0.1) is 0 Å². The van der Waals surface area contributed by atoms with Crippen LogP contribution >= 0.6 is 0 Å². The molecule has 140 valence electrons. The molecule has 0 unspecified atom stereocenters. The van der Waals surface area contributed by atoms with E-state index < -0.39 is 44.1 Å². The second-order valence-corrected chi connectivity index (χ2v) is 8.74. The molecule has 2 N–H and O–H groups in total. The van der Waals surface area contributed by atoms with E-state index >= 15 is 0 Å². The maximum absolute atomic E-state index is 11.4. The summed E-state index contributed by atoms with van der Waals surface area (Å²) in [4.78, 5) is 22.7. The first kappa shape index (κ1) is 22.5. The van der Waals surface area contributed by atoms with E-state index in [4.69, 9.17) is 9.47 Å². The zero-order chi connectivity index (χ0) is 19.0. The highest BCUT2D eigenvalue weighted by molar-refractivity contribution is 7.89. The third kappa shape index (κ3) is 14.1. The number of hydrogen-bond donors (Lipinski definition) is 2. The Bertz CT molecular complexity index is 611. The van der Waals surface area contributed by atoms with Gasteiger partial charge in [-0.1, -0.05) is 0 Å². The SMILES string of the molecule is C[C@H](COC(=O)/C=C/C(=O)OC[C@@H](C)NS(C)(=O)=O)NS(C)(=O)=O. The standard InChI is InChI=1S/C12H22N2O8S2/c1-9(13-23(3,17)18)7-21-11(15)5-6-12(16)22-8-10(2)14-24(4,19)20/h5-6,9-10,13-14H,7-8H2,1-4H3/b6-5+/t9-,10-/m1/s1. The van der Waals surface area contributed by atoms with Gasteiger partial charge in [0.15, 0.2) is 0 Å². The van der Waals surface area contributed by atoms with Crippen molar-refractivity contribution in [3.63, 3.8) is 0 Å². The van der Waals surface area contributed by atoms with Gasteiger partial charge < -0.3 is 9.47 Å². The van der Waals surface area contributed by atoms with Gasteiger partial charge in [0.1, 0.15) is 13.2 Å². The molecular formula is C12H22N2O8S2. The van der Waals surface area contributed by atoms with Gasteiger partial charge in [-0.15, -0.1) is 0 Å². The molecule has 0 aliphatic carbocycles. The fraction of sp³-hybridized carbons (Fsp3) is 0.667. The molecule has 0 saturated carbocycles. The predicted molar refractivity (Wildman–Crippen MR) is 85.9 cm³/mol. The quantitative estimate of drug-likeness (QED) is 0.341. The Morgan fingerprint density at radius 1 is 0.833 bits per heavy atom. The van der Waals surface area contributed by atoms with Crippen LogP contribution in [-0.4, -0.2) is 66.6 Å². The molecule has 2 atom stereocenters. The maximum atomic E-state index is 11.4. The molecule has 0 amide bonds. The third-order valence-corrected chi connectivity index (χ3v) is 3.80. The van der Waals surface area contributed by atoms with Crippen molar-refractivity contribution in [2.24, 2.45) is 0 Å². The van der Waals surface area contributed by atoms with Gasteiger partial charge in [0.25, 0.3) is 0 Å². The Morgan fingerprint density at radius 3 is 1.38 bits per heavy atom. The van der Waals surface area contributed by atoms with Crippen LogP contribution in [0.2, 0.25) is 0 Å². The molecule has 12 heteroatoms. The number of ether oxygens (including phenoxy) is 2. The summed E-state index contributed by atoms with van der Waals surface area (Å²) in [5.74, 6) is -1.70. The van der Waals surface area contributed by atoms with Crippen molar-refractivity contribution in [2.75, 3.05) is 25.7 Å². The second kappa shape index (κ2) is 9.71. The first-order valence-electron chi connectivity index (χ1n) is 6.74. The van der Waals surface area contributed by atoms with Gasteiger partial charge in [-0.25, -0.2) is 35.9 Å². The Labute approximate surface area is 141 Å². The van der Waals surface area contributed by atoms with Gasteiger partial charge in [0, 0.05) is 12.2 Å². The van der Waals surface area contributed by atoms with E-state index in [-0.39, 0.29) is 13.2 Å². The van der Waals surface area contributed by atoms with Gasteiger partial charge in [-0.2, -0.15) is 0 Å². The highest BCUT2D eigenvalue weighted by Crippen LogP contribution is 1.93. The van der Waals surface area contributed by atoms with Crippen LogP contribution in [-0.2, 0) is 39.1 Å². The lowest BCUT2D eigenvalue weighted by atomic mass is 10.4. The normalized spacial score (nSPS) is 15.0. The van der Waals surface area contributed by atoms with Crippen LogP contribution in [0.4, 0.5) is 0 Å². The molecular weight excluding hydrogens is 364 g/mol. The van der Waals surface area contributed by atoms with Crippen molar-refractivity contribution < 1.29 is 35.9 Å². The van der Waals surface area contributed by atoms with E-state index in [0.717, 1.165) is 24.7 Å². The highest BCUT2D eigenvalue weighted by atomic mass is 32.2. The van der Waals surface area contributed by atoms with Crippen LogP contribution < -0.4 is 9.44 Å². The summed E-state index contributed by atoms with van der Waals surface area (Å²) in [6.45, 7) is 2.59. The minimum absolute atomic E-state index is 0.208. The molecule has 0 saturated heterocycles. The molecule has 0 aromatic heterocycles. The Kier molecular flexibility index (Phi) is 9.11. The maximum Gasteiger partial charge on any atom is 0.331 e. The fourth-order valence-electron chi connectivity index (χ4n) is 1.45. The highest BCUT2D eigenvalue weighted by Gasteiger charge is 2.12. The lowest BCUT2D eigenvalue weighted by molar-refractivity contribution is -0.141. The molecule has 0 aliphatic heterocycles. The van der Waals surface area contributed by atoms with E-state index in [0.29, 0.717) is 0 Å². The molecule has 0 spiro atoms. The number of hydrogen-bond acceptors (Lipinski definition) is 8. The molecule has 0 bridgehead atoms. The number of rotatable bonds is 10. The monoisotopic (exact) mass is 386 g/mol. The van der Waals surface area contributed by atoms with Crippen molar-refractivity contribution in [2.45, 2.75) is 25.9 Å². The summed E-state index contributed by atoms with van der Waals surface area (Å²) < 4.78 is 57.7. The zero-order valence-corrected chi connectivity index (χ0v) is 15.4. The third-order valence-electron chi connectivity index (χ3n) is 2.14. The molecule has 0 rings (SSSR count). The van der Waals surface area contributed by atoms with Crippen molar-refractivity contribution >= 4 is 32.0 Å². The first-order valence-corrected chi connectivity index (χ1v) is 10.5. The fourth-order valence-corrected chi connectivity index (χ4v) is 3.04. The van der Waals surface area contributed by atoms with Crippen LogP contribution in [0.5, 0.6) is 0 Å². The zero-order valence-electron chi connectivity index (χ0n) is 13.8. The van der Waals surface area contributed by atoms with Gasteiger partial charge in [-0.05, 0) is 13.8 Å². The molecule has 0 heterocycles. The van der Waals surface area contributed by atoms with Gasteiger partial charge >= 0.3 is 11.9 Å². The largest absolute Gasteiger partial charge is 0.461 e. The summed E-state index contributed by atoms with van der Waals surface area (Å²) >= 11 is 0. The molecule has 10 nitrogen and oxygen atoms in total. The molecule has 0 aromatic carbocycles. The summed E-state index contributed by atoms with van der Waals surface area (Å²) in [5, 5.41) is 0. The minimum atomic E-state index is -3.41. The lowest BCUT2D eigenvalue weighted by Crippen LogP contribution is -2.35. The molecule has 0 aromatic rings.